The number of carbonyl (C=O) groups is 1. The third-order valence-corrected chi connectivity index (χ3v) is 11.0. The minimum absolute atomic E-state index is 0.0988. The van der Waals surface area contributed by atoms with E-state index in [0.29, 0.717) is 36.1 Å². The van der Waals surface area contributed by atoms with Crippen molar-refractivity contribution in [2.45, 2.75) is 91.4 Å². The van der Waals surface area contributed by atoms with Crippen molar-refractivity contribution in [2.24, 2.45) is 21.7 Å². The lowest BCUT2D eigenvalue weighted by Gasteiger charge is -2.82. The number of aliphatic hydroxyl groups excluding tert-OH is 2. The van der Waals surface area contributed by atoms with Gasteiger partial charge in [0.15, 0.2) is 0 Å². The van der Waals surface area contributed by atoms with Crippen molar-refractivity contribution in [3.05, 3.63) is 47.3 Å². The molecule has 4 saturated carbocycles. The van der Waals surface area contributed by atoms with Gasteiger partial charge in [0.2, 0.25) is 0 Å². The molecule has 8 nitrogen and oxygen atoms in total. The van der Waals surface area contributed by atoms with E-state index in [1.54, 1.807) is 6.92 Å². The third-order valence-electron chi connectivity index (χ3n) is 11.0. The fourth-order valence-electron chi connectivity index (χ4n) is 10.1. The lowest BCUT2D eigenvalue weighted by Crippen LogP contribution is -2.81. The van der Waals surface area contributed by atoms with Crippen LogP contribution >= 0.6 is 0 Å². The molecule has 8 heteroatoms. The molecule has 0 aromatic carbocycles. The van der Waals surface area contributed by atoms with Crippen molar-refractivity contribution in [1.82, 2.24) is 15.1 Å². The van der Waals surface area contributed by atoms with Crippen LogP contribution in [0.2, 0.25) is 0 Å². The number of carboxylic acids is 1. The standard InChI is InChI=1S/C32H47N3O5/c1-21(2)7-8-25(22(3)27(38)39)26-13-34-35(23(26)4)20-30-16-28(5)15-29(6)17-31(18-30,32(28,29)19-30)40-12-11-33-10-9-24(37)14-36/h7-8,13,24,33,36-37H,1,9-12,14-20H2,2-6H3,(H,38,39)/b8-7-,25-22-. The number of nitrogens with zero attached hydrogens (tertiary/aromatic N) is 2. The highest BCUT2D eigenvalue weighted by Crippen LogP contribution is 2.95. The topological polar surface area (TPSA) is 117 Å². The van der Waals surface area contributed by atoms with E-state index < -0.39 is 12.1 Å². The monoisotopic (exact) mass is 553 g/mol. The quantitative estimate of drug-likeness (QED) is 0.155. The Kier molecular flexibility index (Phi) is 7.26. The molecule has 5 rings (SSSR count). The first-order valence-corrected chi connectivity index (χ1v) is 14.7. The van der Waals surface area contributed by atoms with E-state index in [4.69, 9.17) is 14.9 Å². The Morgan fingerprint density at radius 1 is 1.18 bits per heavy atom. The number of carboxylic acid groups (broad SMARTS) is 1. The van der Waals surface area contributed by atoms with E-state index in [0.717, 1.165) is 49.2 Å². The van der Waals surface area contributed by atoms with Crippen molar-refractivity contribution in [1.29, 1.82) is 0 Å². The molecule has 4 N–H and O–H groups in total. The summed E-state index contributed by atoms with van der Waals surface area (Å²) in [6, 6.07) is 0. The molecule has 6 unspecified atom stereocenters. The molecule has 2 bridgehead atoms. The Balaban J connectivity index is 1.35. The van der Waals surface area contributed by atoms with Crippen molar-refractivity contribution < 1.29 is 24.9 Å². The van der Waals surface area contributed by atoms with Gasteiger partial charge in [0.05, 0.1) is 31.1 Å². The molecule has 0 radical (unpaired) electrons. The molecule has 220 valence electrons. The zero-order valence-electron chi connectivity index (χ0n) is 24.8. The third kappa shape index (κ3) is 4.17. The molecule has 0 amide bonds. The maximum Gasteiger partial charge on any atom is 0.331 e. The number of nitrogens with one attached hydrogen (secondary N) is 1. The summed E-state index contributed by atoms with van der Waals surface area (Å²) in [5, 5.41) is 36.5. The molecule has 0 aliphatic heterocycles. The summed E-state index contributed by atoms with van der Waals surface area (Å²) < 4.78 is 8.94. The van der Waals surface area contributed by atoms with E-state index in [-0.39, 0.29) is 28.5 Å². The Hall–Kier alpha value is -2.26. The van der Waals surface area contributed by atoms with Gasteiger partial charge in [0.1, 0.15) is 0 Å². The average molecular weight is 554 g/mol. The highest BCUT2D eigenvalue weighted by molar-refractivity contribution is 5.98. The summed E-state index contributed by atoms with van der Waals surface area (Å²) in [7, 11) is 0. The second-order valence-corrected chi connectivity index (χ2v) is 14.0. The van der Waals surface area contributed by atoms with Crippen LogP contribution in [0, 0.1) is 28.6 Å². The van der Waals surface area contributed by atoms with Gasteiger partial charge in [-0.3, -0.25) is 4.68 Å². The fourth-order valence-corrected chi connectivity index (χ4v) is 10.1. The lowest BCUT2D eigenvalue weighted by atomic mass is 9.24. The largest absolute Gasteiger partial charge is 0.478 e. The van der Waals surface area contributed by atoms with Crippen molar-refractivity contribution in [3.63, 3.8) is 0 Å². The van der Waals surface area contributed by atoms with E-state index in [2.05, 4.69) is 30.4 Å². The molecular formula is C32H47N3O5. The highest BCUT2D eigenvalue weighted by atomic mass is 16.5. The summed E-state index contributed by atoms with van der Waals surface area (Å²) in [6.07, 6.45) is 11.1. The smallest absolute Gasteiger partial charge is 0.331 e. The van der Waals surface area contributed by atoms with Gasteiger partial charge >= 0.3 is 5.97 Å². The summed E-state index contributed by atoms with van der Waals surface area (Å²) in [5.41, 5.74) is 4.50. The van der Waals surface area contributed by atoms with Gasteiger partial charge in [0, 0.05) is 35.3 Å². The van der Waals surface area contributed by atoms with Crippen molar-refractivity contribution >= 4 is 11.5 Å². The first-order valence-electron chi connectivity index (χ1n) is 14.7. The first kappa shape index (κ1) is 29.2. The van der Waals surface area contributed by atoms with Crippen LogP contribution in [0.4, 0.5) is 0 Å². The van der Waals surface area contributed by atoms with Crippen LogP contribution in [0.1, 0.15) is 77.5 Å². The van der Waals surface area contributed by atoms with Crippen molar-refractivity contribution in [2.75, 3.05) is 26.3 Å². The van der Waals surface area contributed by atoms with Gasteiger partial charge in [-0.25, -0.2) is 4.79 Å². The van der Waals surface area contributed by atoms with E-state index in [9.17, 15) is 15.0 Å². The second kappa shape index (κ2) is 9.93. The van der Waals surface area contributed by atoms with Gasteiger partial charge in [-0.05, 0) is 87.7 Å². The van der Waals surface area contributed by atoms with E-state index in [1.807, 2.05) is 32.2 Å². The molecule has 1 heterocycles. The number of hydrogen-bond acceptors (Lipinski definition) is 6. The molecule has 4 fully saturated rings. The van der Waals surface area contributed by atoms with Crippen LogP contribution in [-0.2, 0) is 16.1 Å². The van der Waals surface area contributed by atoms with E-state index >= 15 is 0 Å². The molecule has 1 aromatic heterocycles. The van der Waals surface area contributed by atoms with Crippen LogP contribution in [0.5, 0.6) is 0 Å². The predicted octanol–water partition coefficient (Wildman–Crippen LogP) is 4.26. The summed E-state index contributed by atoms with van der Waals surface area (Å²) in [4.78, 5) is 11.9. The number of aromatic nitrogens is 2. The van der Waals surface area contributed by atoms with Crippen LogP contribution in [0.3, 0.4) is 0 Å². The second-order valence-electron chi connectivity index (χ2n) is 14.0. The number of ether oxygens (including phenoxy) is 1. The minimum Gasteiger partial charge on any atom is -0.478 e. The maximum absolute atomic E-state index is 11.9. The average Bonchev–Trinajstić information content (AvgIpc) is 3.44. The lowest BCUT2D eigenvalue weighted by molar-refractivity contribution is -0.387. The van der Waals surface area contributed by atoms with E-state index in [1.165, 1.54) is 12.8 Å². The molecule has 4 aliphatic carbocycles. The Labute approximate surface area is 238 Å². The Bertz CT molecular complexity index is 1270. The van der Waals surface area contributed by atoms with Gasteiger partial charge in [-0.15, -0.1) is 0 Å². The maximum atomic E-state index is 11.9. The van der Waals surface area contributed by atoms with Gasteiger partial charge in [-0.1, -0.05) is 38.2 Å². The fraction of sp³-hybridized carbons (Fsp3) is 0.688. The van der Waals surface area contributed by atoms with Crippen LogP contribution in [0.25, 0.3) is 5.57 Å². The SMILES string of the molecule is C=C(C)/C=C\C(=C(/C)C(=O)O)c1cnn(CC23CC4(C)CC5(C)CC(OCCNCCC(O)CO)(C2)C45C3)c1C. The van der Waals surface area contributed by atoms with Gasteiger partial charge in [0.25, 0.3) is 0 Å². The normalized spacial score (nSPS) is 36.7. The minimum atomic E-state index is -0.934. The van der Waals surface area contributed by atoms with Crippen molar-refractivity contribution in [3.8, 4) is 0 Å². The number of aliphatic hydroxyl groups is 2. The van der Waals surface area contributed by atoms with Crippen LogP contribution in [-0.4, -0.2) is 69.1 Å². The number of allylic oxidation sites excluding steroid dienone is 4. The molecule has 1 aromatic rings. The van der Waals surface area contributed by atoms with Gasteiger partial charge < -0.3 is 25.4 Å². The molecular weight excluding hydrogens is 506 g/mol. The zero-order chi connectivity index (χ0) is 29.1. The number of hydrogen-bond donors (Lipinski definition) is 4. The summed E-state index contributed by atoms with van der Waals surface area (Å²) in [6.45, 7) is 17.1. The summed E-state index contributed by atoms with van der Waals surface area (Å²) >= 11 is 0. The molecule has 4 aliphatic rings. The molecule has 1 spiro atoms. The molecule has 0 saturated heterocycles. The molecule has 40 heavy (non-hydrogen) atoms. The summed E-state index contributed by atoms with van der Waals surface area (Å²) in [5.74, 6) is -0.934. The molecule has 6 atom stereocenters. The zero-order valence-corrected chi connectivity index (χ0v) is 24.8. The van der Waals surface area contributed by atoms with Crippen LogP contribution in [0.15, 0.2) is 36.1 Å². The van der Waals surface area contributed by atoms with Gasteiger partial charge in [-0.2, -0.15) is 5.10 Å². The predicted molar refractivity (Wildman–Crippen MR) is 155 cm³/mol. The number of fused-ring (bicyclic) bond motifs is 1. The Morgan fingerprint density at radius 3 is 2.55 bits per heavy atom. The number of aliphatic carboxylic acids is 1. The van der Waals surface area contributed by atoms with Crippen LogP contribution < -0.4 is 5.32 Å². The number of rotatable bonds is 14. The first-order chi connectivity index (χ1) is 18.8. The highest BCUT2D eigenvalue weighted by Gasteiger charge is 2.93. The Morgan fingerprint density at radius 2 is 1.90 bits per heavy atom.